The first-order valence-corrected chi connectivity index (χ1v) is 6.70. The summed E-state index contributed by atoms with van der Waals surface area (Å²) < 4.78 is 2.51. The summed E-state index contributed by atoms with van der Waals surface area (Å²) in [5.41, 5.74) is 0.649. The molecular formula is C11H18IN3O. The Labute approximate surface area is 110 Å². The number of unbranched alkanes of at least 4 members (excludes halogenated alkanes) is 3. The van der Waals surface area contributed by atoms with Gasteiger partial charge >= 0.3 is 0 Å². The van der Waals surface area contributed by atoms with Gasteiger partial charge in [0.05, 0.1) is 9.77 Å². The average Bonchev–Trinajstić information content (AvgIpc) is 2.58. The van der Waals surface area contributed by atoms with Crippen molar-refractivity contribution in [3.63, 3.8) is 0 Å². The number of nitrogens with one attached hydrogen (secondary N) is 1. The van der Waals surface area contributed by atoms with E-state index < -0.39 is 0 Å². The molecule has 0 aliphatic rings. The molecule has 1 amide bonds. The Kier molecular flexibility index (Phi) is 5.79. The number of carbonyl (C=O) groups is 1. The molecule has 0 spiro atoms. The SMILES string of the molecule is CCCCCCNC(=O)c1c(I)cnn1C. The fourth-order valence-electron chi connectivity index (χ4n) is 1.50. The van der Waals surface area contributed by atoms with Crippen LogP contribution in [-0.2, 0) is 7.05 Å². The normalized spacial score (nSPS) is 10.4. The highest BCUT2D eigenvalue weighted by atomic mass is 127. The number of hydrogen-bond donors (Lipinski definition) is 1. The number of halogens is 1. The van der Waals surface area contributed by atoms with Gasteiger partial charge in [0.15, 0.2) is 0 Å². The van der Waals surface area contributed by atoms with Gasteiger partial charge in [-0.2, -0.15) is 5.10 Å². The van der Waals surface area contributed by atoms with Crippen LogP contribution in [0.2, 0.25) is 0 Å². The van der Waals surface area contributed by atoms with Gasteiger partial charge in [0.1, 0.15) is 5.69 Å². The van der Waals surface area contributed by atoms with Crippen LogP contribution < -0.4 is 5.32 Å². The summed E-state index contributed by atoms with van der Waals surface area (Å²) in [5.74, 6) is -0.0269. The summed E-state index contributed by atoms with van der Waals surface area (Å²) in [5, 5.41) is 6.96. The van der Waals surface area contributed by atoms with E-state index in [2.05, 4.69) is 39.9 Å². The lowest BCUT2D eigenvalue weighted by Gasteiger charge is -2.05. The molecule has 16 heavy (non-hydrogen) atoms. The molecule has 0 bridgehead atoms. The van der Waals surface area contributed by atoms with Crippen LogP contribution in [-0.4, -0.2) is 22.2 Å². The van der Waals surface area contributed by atoms with Crippen molar-refractivity contribution < 1.29 is 4.79 Å². The number of carbonyl (C=O) groups excluding carboxylic acids is 1. The molecule has 90 valence electrons. The Morgan fingerprint density at radius 2 is 2.25 bits per heavy atom. The first-order chi connectivity index (χ1) is 7.66. The smallest absolute Gasteiger partial charge is 0.270 e. The molecule has 0 fully saturated rings. The van der Waals surface area contributed by atoms with Crippen LogP contribution in [0.25, 0.3) is 0 Å². The molecule has 1 heterocycles. The zero-order chi connectivity index (χ0) is 12.0. The zero-order valence-electron chi connectivity index (χ0n) is 9.79. The van der Waals surface area contributed by atoms with Gasteiger partial charge in [0.25, 0.3) is 5.91 Å². The van der Waals surface area contributed by atoms with Gasteiger partial charge in [-0.25, -0.2) is 0 Å². The molecule has 0 radical (unpaired) electrons. The van der Waals surface area contributed by atoms with Gasteiger partial charge in [0.2, 0.25) is 0 Å². The van der Waals surface area contributed by atoms with Crippen molar-refractivity contribution in [2.24, 2.45) is 7.05 Å². The highest BCUT2D eigenvalue weighted by Gasteiger charge is 2.13. The summed E-state index contributed by atoms with van der Waals surface area (Å²) in [6, 6.07) is 0. The second-order valence-electron chi connectivity index (χ2n) is 3.78. The van der Waals surface area contributed by atoms with Crippen molar-refractivity contribution in [1.29, 1.82) is 0 Å². The maximum atomic E-state index is 11.8. The zero-order valence-corrected chi connectivity index (χ0v) is 12.0. The fourth-order valence-corrected chi connectivity index (χ4v) is 2.22. The van der Waals surface area contributed by atoms with Crippen molar-refractivity contribution in [2.75, 3.05) is 6.54 Å². The second kappa shape index (κ2) is 6.88. The van der Waals surface area contributed by atoms with E-state index in [9.17, 15) is 4.79 Å². The van der Waals surface area contributed by atoms with Crippen LogP contribution in [0, 0.1) is 3.57 Å². The summed E-state index contributed by atoms with van der Waals surface area (Å²) >= 11 is 2.13. The van der Waals surface area contributed by atoms with Crippen LogP contribution >= 0.6 is 22.6 Å². The largest absolute Gasteiger partial charge is 0.351 e. The number of amides is 1. The Morgan fingerprint density at radius 1 is 1.50 bits per heavy atom. The lowest BCUT2D eigenvalue weighted by molar-refractivity contribution is 0.0942. The van der Waals surface area contributed by atoms with Gasteiger partial charge in [0, 0.05) is 13.6 Å². The number of aryl methyl sites for hydroxylation is 1. The van der Waals surface area contributed by atoms with E-state index in [1.54, 1.807) is 17.9 Å². The Bertz CT molecular complexity index is 329. The van der Waals surface area contributed by atoms with E-state index in [4.69, 9.17) is 0 Å². The quantitative estimate of drug-likeness (QED) is 0.641. The third kappa shape index (κ3) is 3.77. The third-order valence-electron chi connectivity index (χ3n) is 2.43. The fraction of sp³-hybridized carbons (Fsp3) is 0.636. The molecule has 1 rings (SSSR count). The highest BCUT2D eigenvalue weighted by Crippen LogP contribution is 2.09. The van der Waals surface area contributed by atoms with E-state index >= 15 is 0 Å². The Balaban J connectivity index is 2.36. The van der Waals surface area contributed by atoms with Crippen LogP contribution in [0.1, 0.15) is 43.1 Å². The van der Waals surface area contributed by atoms with Crippen molar-refractivity contribution in [2.45, 2.75) is 32.6 Å². The number of aromatic nitrogens is 2. The molecule has 0 saturated carbocycles. The molecule has 0 aliphatic heterocycles. The summed E-state index contributed by atoms with van der Waals surface area (Å²) in [4.78, 5) is 11.8. The molecular weight excluding hydrogens is 317 g/mol. The average molecular weight is 335 g/mol. The molecule has 1 N–H and O–H groups in total. The van der Waals surface area contributed by atoms with Gasteiger partial charge in [-0.1, -0.05) is 26.2 Å². The summed E-state index contributed by atoms with van der Waals surface area (Å²) in [7, 11) is 1.79. The van der Waals surface area contributed by atoms with Gasteiger partial charge < -0.3 is 5.32 Å². The Morgan fingerprint density at radius 3 is 2.81 bits per heavy atom. The third-order valence-corrected chi connectivity index (χ3v) is 3.21. The van der Waals surface area contributed by atoms with Crippen LogP contribution in [0.15, 0.2) is 6.20 Å². The molecule has 0 aromatic carbocycles. The number of rotatable bonds is 6. The summed E-state index contributed by atoms with van der Waals surface area (Å²) in [6.45, 7) is 2.93. The van der Waals surface area contributed by atoms with E-state index in [1.165, 1.54) is 19.3 Å². The molecule has 4 nitrogen and oxygen atoms in total. The maximum Gasteiger partial charge on any atom is 0.270 e. The molecule has 0 aliphatic carbocycles. The van der Waals surface area contributed by atoms with Crippen molar-refractivity contribution in [3.8, 4) is 0 Å². The Hall–Kier alpha value is -0.590. The van der Waals surface area contributed by atoms with Crippen LogP contribution in [0.3, 0.4) is 0 Å². The lowest BCUT2D eigenvalue weighted by Crippen LogP contribution is -2.27. The minimum Gasteiger partial charge on any atom is -0.351 e. The molecule has 0 unspecified atom stereocenters. The molecule has 0 atom stereocenters. The highest BCUT2D eigenvalue weighted by molar-refractivity contribution is 14.1. The van der Waals surface area contributed by atoms with E-state index in [0.29, 0.717) is 5.69 Å². The first-order valence-electron chi connectivity index (χ1n) is 5.62. The molecule has 0 saturated heterocycles. The van der Waals surface area contributed by atoms with Gasteiger partial charge in [-0.3, -0.25) is 9.48 Å². The van der Waals surface area contributed by atoms with Gasteiger partial charge in [-0.05, 0) is 29.0 Å². The maximum absolute atomic E-state index is 11.8. The first kappa shape index (κ1) is 13.5. The number of hydrogen-bond acceptors (Lipinski definition) is 2. The monoisotopic (exact) mass is 335 g/mol. The number of nitrogens with zero attached hydrogens (tertiary/aromatic N) is 2. The molecule has 1 aromatic rings. The van der Waals surface area contributed by atoms with E-state index in [1.807, 2.05) is 0 Å². The standard InChI is InChI=1S/C11H18IN3O/c1-3-4-5-6-7-13-11(16)10-9(12)8-14-15(10)2/h8H,3-7H2,1-2H3,(H,13,16). The van der Waals surface area contributed by atoms with Crippen molar-refractivity contribution >= 4 is 28.5 Å². The van der Waals surface area contributed by atoms with Crippen molar-refractivity contribution in [3.05, 3.63) is 15.5 Å². The topological polar surface area (TPSA) is 46.9 Å². The second-order valence-corrected chi connectivity index (χ2v) is 4.94. The predicted octanol–water partition coefficient (Wildman–Crippen LogP) is 2.33. The van der Waals surface area contributed by atoms with Gasteiger partial charge in [-0.15, -0.1) is 0 Å². The minimum atomic E-state index is -0.0269. The minimum absolute atomic E-state index is 0.0269. The van der Waals surface area contributed by atoms with Crippen molar-refractivity contribution in [1.82, 2.24) is 15.1 Å². The van der Waals surface area contributed by atoms with Crippen LogP contribution in [0.5, 0.6) is 0 Å². The lowest BCUT2D eigenvalue weighted by atomic mass is 10.2. The van der Waals surface area contributed by atoms with Crippen LogP contribution in [0.4, 0.5) is 0 Å². The molecule has 5 heteroatoms. The van der Waals surface area contributed by atoms with E-state index in [-0.39, 0.29) is 5.91 Å². The predicted molar refractivity (Wildman–Crippen MR) is 72.4 cm³/mol. The summed E-state index contributed by atoms with van der Waals surface area (Å²) in [6.07, 6.45) is 6.38. The van der Waals surface area contributed by atoms with E-state index in [0.717, 1.165) is 16.5 Å². The molecule has 1 aromatic heterocycles.